The summed E-state index contributed by atoms with van der Waals surface area (Å²) in [5, 5.41) is 8.61. The lowest BCUT2D eigenvalue weighted by Crippen LogP contribution is -1.89. The third-order valence-corrected chi connectivity index (χ3v) is 1.36. The van der Waals surface area contributed by atoms with Crippen LogP contribution in [0, 0.1) is 0 Å². The van der Waals surface area contributed by atoms with E-state index in [0.29, 0.717) is 12.0 Å². The average molecular weight is 140 g/mol. The molecule has 1 rings (SSSR count). The van der Waals surface area contributed by atoms with Crippen LogP contribution in [-0.4, -0.2) is 11.7 Å². The van der Waals surface area contributed by atoms with Crippen LogP contribution in [0.5, 0.6) is 0 Å². The van der Waals surface area contributed by atoms with E-state index in [4.69, 9.17) is 5.11 Å². The minimum atomic E-state index is -0.337. The Kier molecular flexibility index (Phi) is 2.40. The first-order chi connectivity index (χ1) is 4.84. The fraction of sp³-hybridized carbons (Fsp3) is 0.250. The molecule has 10 heavy (non-hydrogen) atoms. The molecule has 1 N–H and O–H groups in total. The molecule has 0 saturated heterocycles. The summed E-state index contributed by atoms with van der Waals surface area (Å²) in [4.78, 5) is 0. The average Bonchev–Trinajstić information content (AvgIpc) is 2.13. The molecule has 0 heterocycles. The lowest BCUT2D eigenvalue weighted by atomic mass is 10.2. The van der Waals surface area contributed by atoms with Gasteiger partial charge in [-0.3, -0.25) is 0 Å². The van der Waals surface area contributed by atoms with Crippen molar-refractivity contribution in [2.45, 2.75) is 6.42 Å². The van der Waals surface area contributed by atoms with Crippen LogP contribution < -0.4 is 0 Å². The highest BCUT2D eigenvalue weighted by Crippen LogP contribution is 2.14. The van der Waals surface area contributed by atoms with Crippen molar-refractivity contribution in [1.82, 2.24) is 0 Å². The Morgan fingerprint density at radius 1 is 1.60 bits per heavy atom. The monoisotopic (exact) mass is 140 g/mol. The molecule has 0 amide bonds. The molecule has 0 aromatic rings. The molecule has 0 saturated carbocycles. The predicted molar refractivity (Wildman–Crippen MR) is 38.1 cm³/mol. The Labute approximate surface area is 59.2 Å². The van der Waals surface area contributed by atoms with Crippen LogP contribution >= 0.6 is 0 Å². The van der Waals surface area contributed by atoms with Crippen molar-refractivity contribution < 1.29 is 9.50 Å². The zero-order chi connectivity index (χ0) is 7.40. The van der Waals surface area contributed by atoms with Crippen molar-refractivity contribution in [2.24, 2.45) is 0 Å². The highest BCUT2D eigenvalue weighted by atomic mass is 19.1. The summed E-state index contributed by atoms with van der Waals surface area (Å²) < 4.78 is 12.7. The molecular formula is C8H9FO. The van der Waals surface area contributed by atoms with Crippen molar-refractivity contribution in [1.29, 1.82) is 0 Å². The third-order valence-electron chi connectivity index (χ3n) is 1.36. The fourth-order valence-corrected chi connectivity index (χ4v) is 0.786. The van der Waals surface area contributed by atoms with E-state index in [2.05, 4.69) is 0 Å². The van der Waals surface area contributed by atoms with Gasteiger partial charge in [0.15, 0.2) is 0 Å². The van der Waals surface area contributed by atoms with Crippen LogP contribution in [0.2, 0.25) is 0 Å². The maximum absolute atomic E-state index is 12.7. The Morgan fingerprint density at radius 2 is 2.40 bits per heavy atom. The Hall–Kier alpha value is -0.890. The normalized spacial score (nSPS) is 17.8. The van der Waals surface area contributed by atoms with Gasteiger partial charge in [0.1, 0.15) is 5.83 Å². The van der Waals surface area contributed by atoms with E-state index >= 15 is 0 Å². The van der Waals surface area contributed by atoms with Crippen LogP contribution in [0.4, 0.5) is 4.39 Å². The van der Waals surface area contributed by atoms with Crippen LogP contribution in [0.3, 0.4) is 0 Å². The molecule has 0 fully saturated rings. The van der Waals surface area contributed by atoms with Crippen molar-refractivity contribution in [2.75, 3.05) is 6.61 Å². The van der Waals surface area contributed by atoms with E-state index in [0.717, 1.165) is 0 Å². The fourth-order valence-electron chi connectivity index (χ4n) is 0.786. The van der Waals surface area contributed by atoms with E-state index in [-0.39, 0.29) is 12.4 Å². The van der Waals surface area contributed by atoms with Gasteiger partial charge in [-0.1, -0.05) is 18.2 Å². The molecule has 0 aromatic heterocycles. The topological polar surface area (TPSA) is 20.2 Å². The van der Waals surface area contributed by atoms with Gasteiger partial charge in [-0.05, 0) is 12.5 Å². The highest BCUT2D eigenvalue weighted by molar-refractivity contribution is 5.31. The molecule has 0 atom stereocenters. The van der Waals surface area contributed by atoms with Gasteiger partial charge in [0.05, 0.1) is 6.61 Å². The maximum atomic E-state index is 12.7. The first kappa shape index (κ1) is 7.22. The summed E-state index contributed by atoms with van der Waals surface area (Å²) in [6.07, 6.45) is 7.21. The molecule has 0 bridgehead atoms. The summed E-state index contributed by atoms with van der Waals surface area (Å²) in [6, 6.07) is 0. The summed E-state index contributed by atoms with van der Waals surface area (Å²) in [6.45, 7) is -0.218. The van der Waals surface area contributed by atoms with Gasteiger partial charge in [0, 0.05) is 5.57 Å². The van der Waals surface area contributed by atoms with Gasteiger partial charge < -0.3 is 5.11 Å². The molecule has 1 aliphatic carbocycles. The third kappa shape index (κ3) is 1.54. The van der Waals surface area contributed by atoms with Gasteiger partial charge >= 0.3 is 0 Å². The number of allylic oxidation sites excluding steroid dienone is 4. The zero-order valence-electron chi connectivity index (χ0n) is 5.55. The second-order valence-electron chi connectivity index (χ2n) is 2.07. The summed E-state index contributed by atoms with van der Waals surface area (Å²) in [5.41, 5.74) is 0.380. The van der Waals surface area contributed by atoms with Crippen LogP contribution in [0.15, 0.2) is 35.7 Å². The molecule has 1 aliphatic rings. The second-order valence-corrected chi connectivity index (χ2v) is 2.07. The first-order valence-electron chi connectivity index (χ1n) is 3.17. The maximum Gasteiger partial charge on any atom is 0.128 e. The number of hydrogen-bond acceptors (Lipinski definition) is 1. The standard InChI is InChI=1S/C8H9FO/c9-8-5-3-1-2-4-7(8)6-10/h1,3-5,10H,2,6H2. The SMILES string of the molecule is OCC1=CCC=CC=C1F. The number of aliphatic hydroxyl groups excluding tert-OH is 1. The summed E-state index contributed by atoms with van der Waals surface area (Å²) in [5.74, 6) is -0.337. The molecule has 0 spiro atoms. The predicted octanol–water partition coefficient (Wildman–Crippen LogP) is 1.72. The van der Waals surface area contributed by atoms with Gasteiger partial charge in [-0.25, -0.2) is 4.39 Å². The van der Waals surface area contributed by atoms with E-state index in [9.17, 15) is 4.39 Å². The molecule has 2 heteroatoms. The first-order valence-corrected chi connectivity index (χ1v) is 3.17. The minimum absolute atomic E-state index is 0.218. The molecule has 0 aliphatic heterocycles. The summed E-state index contributed by atoms with van der Waals surface area (Å²) >= 11 is 0. The lowest BCUT2D eigenvalue weighted by molar-refractivity contribution is 0.327. The van der Waals surface area contributed by atoms with Gasteiger partial charge in [0.25, 0.3) is 0 Å². The lowest BCUT2D eigenvalue weighted by Gasteiger charge is -1.95. The number of halogens is 1. The van der Waals surface area contributed by atoms with Crippen molar-refractivity contribution in [3.63, 3.8) is 0 Å². The van der Waals surface area contributed by atoms with Gasteiger partial charge in [0.2, 0.25) is 0 Å². The molecule has 0 unspecified atom stereocenters. The summed E-state index contributed by atoms with van der Waals surface area (Å²) in [7, 11) is 0. The van der Waals surface area contributed by atoms with Crippen LogP contribution in [0.25, 0.3) is 0 Å². The van der Waals surface area contributed by atoms with E-state index in [1.165, 1.54) is 6.08 Å². The Morgan fingerprint density at radius 3 is 3.10 bits per heavy atom. The Bertz CT molecular complexity index is 201. The van der Waals surface area contributed by atoms with Crippen molar-refractivity contribution >= 4 is 0 Å². The molecule has 0 aromatic carbocycles. The minimum Gasteiger partial charge on any atom is -0.392 e. The molecule has 0 radical (unpaired) electrons. The largest absolute Gasteiger partial charge is 0.392 e. The number of hydrogen-bond donors (Lipinski definition) is 1. The molecule has 54 valence electrons. The van der Waals surface area contributed by atoms with Crippen molar-refractivity contribution in [3.05, 3.63) is 35.7 Å². The van der Waals surface area contributed by atoms with E-state index in [1.807, 2.05) is 6.08 Å². The number of aliphatic hydroxyl groups is 1. The van der Waals surface area contributed by atoms with Crippen molar-refractivity contribution in [3.8, 4) is 0 Å². The van der Waals surface area contributed by atoms with E-state index < -0.39 is 0 Å². The highest BCUT2D eigenvalue weighted by Gasteiger charge is 2.01. The Balaban J connectivity index is 2.81. The van der Waals surface area contributed by atoms with Crippen LogP contribution in [-0.2, 0) is 0 Å². The molecular weight excluding hydrogens is 131 g/mol. The quantitative estimate of drug-likeness (QED) is 0.588. The smallest absolute Gasteiger partial charge is 0.128 e. The zero-order valence-corrected chi connectivity index (χ0v) is 5.55. The van der Waals surface area contributed by atoms with Gasteiger partial charge in [-0.2, -0.15) is 0 Å². The molecule has 1 nitrogen and oxygen atoms in total. The van der Waals surface area contributed by atoms with Gasteiger partial charge in [-0.15, -0.1) is 0 Å². The van der Waals surface area contributed by atoms with Crippen LogP contribution in [0.1, 0.15) is 6.42 Å². The second kappa shape index (κ2) is 3.32. The van der Waals surface area contributed by atoms with E-state index in [1.54, 1.807) is 12.2 Å². The number of rotatable bonds is 1.